The summed E-state index contributed by atoms with van der Waals surface area (Å²) in [5.74, 6) is -0.368. The van der Waals surface area contributed by atoms with Crippen molar-refractivity contribution >= 4 is 12.1 Å². The summed E-state index contributed by atoms with van der Waals surface area (Å²) < 4.78 is 10.1. The Kier molecular flexibility index (Phi) is 4.21. The number of ether oxygens (including phenoxy) is 2. The monoisotopic (exact) mass is 291 g/mol. The van der Waals surface area contributed by atoms with Gasteiger partial charge in [0.25, 0.3) is 0 Å². The first-order chi connectivity index (χ1) is 9.80. The van der Waals surface area contributed by atoms with Crippen LogP contribution < -0.4 is 0 Å². The summed E-state index contributed by atoms with van der Waals surface area (Å²) in [6, 6.07) is 5.47. The van der Waals surface area contributed by atoms with E-state index in [-0.39, 0.29) is 12.1 Å². The maximum atomic E-state index is 12.1. The number of hydrogen-bond donors (Lipinski definition) is 0. The molecule has 0 saturated heterocycles. The van der Waals surface area contributed by atoms with Gasteiger partial charge in [0.05, 0.1) is 12.7 Å². The Hall–Kier alpha value is -2.04. The molecular weight excluding hydrogens is 270 g/mol. The Bertz CT molecular complexity index is 560. The van der Waals surface area contributed by atoms with Crippen LogP contribution in [-0.2, 0) is 22.4 Å². The predicted octanol–water partition coefficient (Wildman–Crippen LogP) is 2.77. The fourth-order valence-corrected chi connectivity index (χ4v) is 2.28. The van der Waals surface area contributed by atoms with E-state index >= 15 is 0 Å². The normalized spacial score (nSPS) is 14.4. The minimum Gasteiger partial charge on any atom is -0.465 e. The van der Waals surface area contributed by atoms with E-state index in [4.69, 9.17) is 9.47 Å². The van der Waals surface area contributed by atoms with E-state index in [0.717, 1.165) is 17.5 Å². The number of carbonyl (C=O) groups is 2. The number of nitrogens with zero attached hydrogens (tertiary/aromatic N) is 1. The molecule has 0 spiro atoms. The third-order valence-electron chi connectivity index (χ3n) is 3.29. The molecule has 1 amide bonds. The molecule has 114 valence electrons. The van der Waals surface area contributed by atoms with Crippen LogP contribution in [0.25, 0.3) is 0 Å². The zero-order valence-corrected chi connectivity index (χ0v) is 12.9. The minimum atomic E-state index is -0.509. The van der Waals surface area contributed by atoms with Gasteiger partial charge in [-0.15, -0.1) is 0 Å². The summed E-state index contributed by atoms with van der Waals surface area (Å²) in [5, 5.41) is 0. The summed E-state index contributed by atoms with van der Waals surface area (Å²) in [5.41, 5.74) is 2.12. The first-order valence-corrected chi connectivity index (χ1v) is 6.98. The van der Waals surface area contributed by atoms with Gasteiger partial charge in [-0.2, -0.15) is 0 Å². The van der Waals surface area contributed by atoms with Gasteiger partial charge in [0, 0.05) is 13.1 Å². The number of methoxy groups -OCH3 is 1. The van der Waals surface area contributed by atoms with E-state index in [1.165, 1.54) is 7.11 Å². The maximum absolute atomic E-state index is 12.1. The molecule has 2 rings (SSSR count). The second-order valence-corrected chi connectivity index (χ2v) is 6.13. The second kappa shape index (κ2) is 5.76. The fourth-order valence-electron chi connectivity index (χ4n) is 2.28. The Balaban J connectivity index is 2.15. The van der Waals surface area contributed by atoms with Crippen LogP contribution in [0.3, 0.4) is 0 Å². The van der Waals surface area contributed by atoms with Crippen molar-refractivity contribution < 1.29 is 19.1 Å². The summed E-state index contributed by atoms with van der Waals surface area (Å²) in [6.45, 7) is 6.61. The van der Waals surface area contributed by atoms with E-state index in [2.05, 4.69) is 0 Å². The van der Waals surface area contributed by atoms with Crippen LogP contribution in [-0.4, -0.2) is 36.2 Å². The molecule has 0 aliphatic carbocycles. The van der Waals surface area contributed by atoms with Gasteiger partial charge in [-0.25, -0.2) is 9.59 Å². The average Bonchev–Trinajstić information content (AvgIpc) is 2.43. The highest BCUT2D eigenvalue weighted by atomic mass is 16.6. The average molecular weight is 291 g/mol. The van der Waals surface area contributed by atoms with Crippen molar-refractivity contribution in [2.75, 3.05) is 13.7 Å². The van der Waals surface area contributed by atoms with E-state index in [0.29, 0.717) is 18.7 Å². The van der Waals surface area contributed by atoms with Crippen LogP contribution in [0, 0.1) is 0 Å². The largest absolute Gasteiger partial charge is 0.465 e. The Morgan fingerprint density at radius 3 is 2.52 bits per heavy atom. The highest BCUT2D eigenvalue weighted by Gasteiger charge is 2.26. The number of benzene rings is 1. The molecule has 0 fully saturated rings. The van der Waals surface area contributed by atoms with Gasteiger partial charge in [0.15, 0.2) is 0 Å². The molecule has 0 N–H and O–H groups in total. The van der Waals surface area contributed by atoms with Gasteiger partial charge in [-0.05, 0) is 50.5 Å². The molecule has 1 aromatic carbocycles. The summed E-state index contributed by atoms with van der Waals surface area (Å²) in [6.07, 6.45) is 0.437. The van der Waals surface area contributed by atoms with Crippen molar-refractivity contribution in [1.29, 1.82) is 0 Å². The van der Waals surface area contributed by atoms with Crippen LogP contribution in [0.15, 0.2) is 18.2 Å². The number of amides is 1. The molecular formula is C16H21NO4. The van der Waals surface area contributed by atoms with Crippen LogP contribution >= 0.6 is 0 Å². The Labute approximate surface area is 124 Å². The molecule has 0 atom stereocenters. The van der Waals surface area contributed by atoms with Gasteiger partial charge >= 0.3 is 12.1 Å². The second-order valence-electron chi connectivity index (χ2n) is 6.13. The van der Waals surface area contributed by atoms with Crippen LogP contribution in [0.1, 0.15) is 42.3 Å². The molecule has 0 bridgehead atoms. The molecule has 1 aliphatic heterocycles. The van der Waals surface area contributed by atoms with Crippen LogP contribution in [0.2, 0.25) is 0 Å². The Morgan fingerprint density at radius 2 is 1.90 bits per heavy atom. The molecule has 0 radical (unpaired) electrons. The van der Waals surface area contributed by atoms with Crippen molar-refractivity contribution in [2.45, 2.75) is 39.3 Å². The molecule has 1 aromatic rings. The number of fused-ring (bicyclic) bond motifs is 1. The van der Waals surface area contributed by atoms with Gasteiger partial charge in [-0.1, -0.05) is 6.07 Å². The van der Waals surface area contributed by atoms with Crippen molar-refractivity contribution in [3.05, 3.63) is 34.9 Å². The molecule has 0 saturated carbocycles. The standard InChI is InChI=1S/C16H21NO4/c1-16(2,3)21-15(19)17-8-7-11-5-6-12(14(18)20-4)9-13(11)10-17/h5-6,9H,7-8,10H2,1-4H3. The van der Waals surface area contributed by atoms with Gasteiger partial charge < -0.3 is 14.4 Å². The molecule has 5 nitrogen and oxygen atoms in total. The third kappa shape index (κ3) is 3.74. The number of hydrogen-bond acceptors (Lipinski definition) is 4. The van der Waals surface area contributed by atoms with Crippen molar-refractivity contribution in [1.82, 2.24) is 4.90 Å². The molecule has 21 heavy (non-hydrogen) atoms. The highest BCUT2D eigenvalue weighted by molar-refractivity contribution is 5.89. The lowest BCUT2D eigenvalue weighted by Gasteiger charge is -2.31. The van der Waals surface area contributed by atoms with Crippen molar-refractivity contribution in [2.24, 2.45) is 0 Å². The van der Waals surface area contributed by atoms with Crippen LogP contribution in [0.5, 0.6) is 0 Å². The summed E-state index contributed by atoms with van der Waals surface area (Å²) >= 11 is 0. The lowest BCUT2D eigenvalue weighted by atomic mass is 9.97. The predicted molar refractivity (Wildman–Crippen MR) is 78.1 cm³/mol. The van der Waals surface area contributed by atoms with E-state index in [1.807, 2.05) is 26.8 Å². The van der Waals surface area contributed by atoms with Crippen molar-refractivity contribution in [3.63, 3.8) is 0 Å². The lowest BCUT2D eigenvalue weighted by Crippen LogP contribution is -2.39. The van der Waals surface area contributed by atoms with Crippen LogP contribution in [0.4, 0.5) is 4.79 Å². The number of rotatable bonds is 1. The SMILES string of the molecule is COC(=O)c1ccc2c(c1)CN(C(=O)OC(C)(C)C)CC2. The Morgan fingerprint density at radius 1 is 1.19 bits per heavy atom. The van der Waals surface area contributed by atoms with E-state index < -0.39 is 5.60 Å². The first-order valence-electron chi connectivity index (χ1n) is 6.98. The quantitative estimate of drug-likeness (QED) is 0.747. The zero-order valence-electron chi connectivity index (χ0n) is 12.9. The molecule has 0 aromatic heterocycles. The minimum absolute atomic E-state index is 0.323. The summed E-state index contributed by atoms with van der Waals surface area (Å²) in [4.78, 5) is 25.3. The van der Waals surface area contributed by atoms with Gasteiger partial charge in [-0.3, -0.25) is 0 Å². The third-order valence-corrected chi connectivity index (χ3v) is 3.29. The maximum Gasteiger partial charge on any atom is 0.410 e. The zero-order chi connectivity index (χ0) is 15.6. The summed E-state index contributed by atoms with van der Waals surface area (Å²) in [7, 11) is 1.36. The number of esters is 1. The molecule has 1 aliphatic rings. The first kappa shape index (κ1) is 15.4. The topological polar surface area (TPSA) is 55.8 Å². The van der Waals surface area contributed by atoms with Gasteiger partial charge in [0.2, 0.25) is 0 Å². The molecule has 5 heteroatoms. The number of carbonyl (C=O) groups excluding carboxylic acids is 2. The highest BCUT2D eigenvalue weighted by Crippen LogP contribution is 2.22. The smallest absolute Gasteiger partial charge is 0.410 e. The van der Waals surface area contributed by atoms with Crippen molar-refractivity contribution in [3.8, 4) is 0 Å². The lowest BCUT2D eigenvalue weighted by molar-refractivity contribution is 0.0224. The van der Waals surface area contributed by atoms with E-state index in [1.54, 1.807) is 17.0 Å². The van der Waals surface area contributed by atoms with Gasteiger partial charge in [0.1, 0.15) is 5.60 Å². The van der Waals surface area contributed by atoms with E-state index in [9.17, 15) is 9.59 Å². The molecule has 1 heterocycles. The molecule has 0 unspecified atom stereocenters. The fraction of sp³-hybridized carbons (Fsp3) is 0.500.